The number of likely N-dealkylation sites (tertiary alicyclic amines) is 1. The van der Waals surface area contributed by atoms with Gasteiger partial charge in [0.1, 0.15) is 0 Å². The summed E-state index contributed by atoms with van der Waals surface area (Å²) in [5.41, 5.74) is 0.450. The fraction of sp³-hybridized carbons (Fsp3) is 1.00. The zero-order valence-corrected chi connectivity index (χ0v) is 11.7. The molecule has 0 saturated carbocycles. The highest BCUT2D eigenvalue weighted by molar-refractivity contribution is 4.89. The average Bonchev–Trinajstić information content (AvgIpc) is 2.68. The first-order valence-corrected chi connectivity index (χ1v) is 7.24. The van der Waals surface area contributed by atoms with Gasteiger partial charge >= 0.3 is 0 Å². The molecule has 2 aliphatic rings. The normalized spacial score (nSPS) is 29.8. The van der Waals surface area contributed by atoms with Crippen LogP contribution in [0.5, 0.6) is 0 Å². The van der Waals surface area contributed by atoms with E-state index >= 15 is 0 Å². The van der Waals surface area contributed by atoms with E-state index in [-0.39, 0.29) is 0 Å². The minimum Gasteiger partial charge on any atom is -0.372 e. The van der Waals surface area contributed by atoms with Gasteiger partial charge in [-0.25, -0.2) is 0 Å². The van der Waals surface area contributed by atoms with Crippen molar-refractivity contribution in [1.82, 2.24) is 10.2 Å². The second-order valence-corrected chi connectivity index (χ2v) is 5.89. The Balaban J connectivity index is 1.93. The van der Waals surface area contributed by atoms with Crippen LogP contribution in [0.15, 0.2) is 0 Å². The third-order valence-corrected chi connectivity index (χ3v) is 4.73. The summed E-state index contributed by atoms with van der Waals surface area (Å²) < 4.78 is 5.91. The SMILES string of the molecule is CCC(CC)(CNC)CN1CC2CCC(C1)O2. The monoisotopic (exact) mass is 240 g/mol. The highest BCUT2D eigenvalue weighted by Gasteiger charge is 2.37. The van der Waals surface area contributed by atoms with Crippen molar-refractivity contribution in [2.24, 2.45) is 5.41 Å². The first kappa shape index (κ1) is 13.3. The van der Waals surface area contributed by atoms with E-state index in [4.69, 9.17) is 4.74 Å². The number of fused-ring (bicyclic) bond motifs is 2. The minimum atomic E-state index is 0.450. The van der Waals surface area contributed by atoms with Gasteiger partial charge in [0.05, 0.1) is 12.2 Å². The van der Waals surface area contributed by atoms with E-state index in [0.29, 0.717) is 17.6 Å². The van der Waals surface area contributed by atoms with Gasteiger partial charge in [0.15, 0.2) is 0 Å². The van der Waals surface area contributed by atoms with Crippen molar-refractivity contribution in [3.8, 4) is 0 Å². The molecule has 0 aliphatic carbocycles. The molecular formula is C14H28N2O. The first-order valence-electron chi connectivity index (χ1n) is 7.24. The van der Waals surface area contributed by atoms with Crippen molar-refractivity contribution in [3.63, 3.8) is 0 Å². The molecule has 2 rings (SSSR count). The van der Waals surface area contributed by atoms with Gasteiger partial charge in [0.25, 0.3) is 0 Å². The Bertz CT molecular complexity index is 228. The molecule has 0 aromatic heterocycles. The molecule has 3 nitrogen and oxygen atoms in total. The molecule has 17 heavy (non-hydrogen) atoms. The summed E-state index contributed by atoms with van der Waals surface area (Å²) >= 11 is 0. The molecule has 100 valence electrons. The topological polar surface area (TPSA) is 24.5 Å². The average molecular weight is 240 g/mol. The molecule has 3 heteroatoms. The number of rotatable bonds is 6. The van der Waals surface area contributed by atoms with E-state index in [0.717, 1.165) is 19.6 Å². The highest BCUT2D eigenvalue weighted by Crippen LogP contribution is 2.31. The third-order valence-electron chi connectivity index (χ3n) is 4.73. The molecule has 2 fully saturated rings. The quantitative estimate of drug-likeness (QED) is 0.767. The molecule has 0 aromatic carbocycles. The Morgan fingerprint density at radius 1 is 1.18 bits per heavy atom. The largest absolute Gasteiger partial charge is 0.372 e. The Labute approximate surface area is 106 Å². The zero-order chi connectivity index (χ0) is 12.3. The Morgan fingerprint density at radius 2 is 1.76 bits per heavy atom. The predicted octanol–water partition coefficient (Wildman–Crippen LogP) is 1.88. The molecule has 2 aliphatic heterocycles. The molecule has 2 unspecified atom stereocenters. The molecule has 2 heterocycles. The summed E-state index contributed by atoms with van der Waals surface area (Å²) in [5, 5.41) is 3.38. The maximum atomic E-state index is 5.91. The molecule has 1 N–H and O–H groups in total. The van der Waals surface area contributed by atoms with Crippen LogP contribution in [-0.2, 0) is 4.74 Å². The van der Waals surface area contributed by atoms with Gasteiger partial charge in [-0.3, -0.25) is 4.90 Å². The van der Waals surface area contributed by atoms with Gasteiger partial charge in [-0.05, 0) is 38.1 Å². The molecule has 2 saturated heterocycles. The number of hydrogen-bond acceptors (Lipinski definition) is 3. The summed E-state index contributed by atoms with van der Waals surface area (Å²) in [6.45, 7) is 9.33. The number of morpholine rings is 1. The van der Waals surface area contributed by atoms with Crippen molar-refractivity contribution >= 4 is 0 Å². The van der Waals surface area contributed by atoms with Crippen LogP contribution in [0.4, 0.5) is 0 Å². The third kappa shape index (κ3) is 3.01. The van der Waals surface area contributed by atoms with Crippen LogP contribution in [0.3, 0.4) is 0 Å². The number of hydrogen-bond donors (Lipinski definition) is 1. The van der Waals surface area contributed by atoms with Crippen molar-refractivity contribution in [2.75, 3.05) is 33.2 Å². The van der Waals surface area contributed by atoms with Gasteiger partial charge in [-0.2, -0.15) is 0 Å². The number of ether oxygens (including phenoxy) is 1. The van der Waals surface area contributed by atoms with Crippen molar-refractivity contribution < 1.29 is 4.74 Å². The smallest absolute Gasteiger partial charge is 0.0707 e. The maximum absolute atomic E-state index is 5.91. The second kappa shape index (κ2) is 5.68. The fourth-order valence-electron chi connectivity index (χ4n) is 3.46. The summed E-state index contributed by atoms with van der Waals surface area (Å²) in [5.74, 6) is 0. The van der Waals surface area contributed by atoms with Crippen LogP contribution in [0.25, 0.3) is 0 Å². The molecule has 0 radical (unpaired) electrons. The Kier molecular flexibility index (Phi) is 4.45. The van der Waals surface area contributed by atoms with Crippen LogP contribution < -0.4 is 5.32 Å². The lowest BCUT2D eigenvalue weighted by atomic mass is 9.81. The van der Waals surface area contributed by atoms with E-state index in [1.807, 2.05) is 0 Å². The van der Waals surface area contributed by atoms with E-state index in [1.165, 1.54) is 32.2 Å². The zero-order valence-electron chi connectivity index (χ0n) is 11.7. The molecule has 2 atom stereocenters. The fourth-order valence-corrected chi connectivity index (χ4v) is 3.46. The summed E-state index contributed by atoms with van der Waals surface area (Å²) in [6, 6.07) is 0. The van der Waals surface area contributed by atoms with Crippen LogP contribution in [0.2, 0.25) is 0 Å². The Morgan fingerprint density at radius 3 is 2.24 bits per heavy atom. The number of nitrogens with zero attached hydrogens (tertiary/aromatic N) is 1. The molecule has 0 spiro atoms. The summed E-state index contributed by atoms with van der Waals surface area (Å²) in [4.78, 5) is 2.65. The van der Waals surface area contributed by atoms with Crippen LogP contribution >= 0.6 is 0 Å². The molecular weight excluding hydrogens is 212 g/mol. The van der Waals surface area contributed by atoms with Gasteiger partial charge in [0, 0.05) is 26.2 Å². The molecule has 0 amide bonds. The highest BCUT2D eigenvalue weighted by atomic mass is 16.5. The van der Waals surface area contributed by atoms with Crippen molar-refractivity contribution in [2.45, 2.75) is 51.7 Å². The van der Waals surface area contributed by atoms with E-state index in [9.17, 15) is 0 Å². The maximum Gasteiger partial charge on any atom is 0.0707 e. The van der Waals surface area contributed by atoms with E-state index in [2.05, 4.69) is 31.1 Å². The van der Waals surface area contributed by atoms with Gasteiger partial charge in [-0.1, -0.05) is 13.8 Å². The van der Waals surface area contributed by atoms with Crippen molar-refractivity contribution in [3.05, 3.63) is 0 Å². The van der Waals surface area contributed by atoms with E-state index < -0.39 is 0 Å². The molecule has 0 aromatic rings. The van der Waals surface area contributed by atoms with E-state index in [1.54, 1.807) is 0 Å². The summed E-state index contributed by atoms with van der Waals surface area (Å²) in [6.07, 6.45) is 6.12. The van der Waals surface area contributed by atoms with Crippen molar-refractivity contribution in [1.29, 1.82) is 0 Å². The lowest BCUT2D eigenvalue weighted by molar-refractivity contribution is -0.0512. The van der Waals surface area contributed by atoms with Gasteiger partial charge in [-0.15, -0.1) is 0 Å². The van der Waals surface area contributed by atoms with Gasteiger partial charge in [0.2, 0.25) is 0 Å². The van der Waals surface area contributed by atoms with Crippen LogP contribution in [0, 0.1) is 5.41 Å². The lowest BCUT2D eigenvalue weighted by Crippen LogP contribution is -2.49. The standard InChI is InChI=1S/C14H28N2O/c1-4-14(5-2,10-15-3)11-16-8-12-6-7-13(9-16)17-12/h12-13,15H,4-11H2,1-3H3. The predicted molar refractivity (Wildman–Crippen MR) is 71.3 cm³/mol. The number of nitrogens with one attached hydrogen (secondary N) is 1. The van der Waals surface area contributed by atoms with Crippen LogP contribution in [-0.4, -0.2) is 50.3 Å². The van der Waals surface area contributed by atoms with Crippen LogP contribution in [0.1, 0.15) is 39.5 Å². The summed E-state index contributed by atoms with van der Waals surface area (Å²) in [7, 11) is 2.07. The minimum absolute atomic E-state index is 0.450. The lowest BCUT2D eigenvalue weighted by Gasteiger charge is -2.40. The Hall–Kier alpha value is -0.120. The first-order chi connectivity index (χ1) is 8.21. The van der Waals surface area contributed by atoms with Gasteiger partial charge < -0.3 is 10.1 Å². The second-order valence-electron chi connectivity index (χ2n) is 5.89. The molecule has 2 bridgehead atoms.